The van der Waals surface area contributed by atoms with E-state index in [2.05, 4.69) is 0 Å². The molecule has 0 radical (unpaired) electrons. The molecule has 0 nitrogen and oxygen atoms in total. The van der Waals surface area contributed by atoms with Crippen molar-refractivity contribution in [1.82, 2.24) is 0 Å². The van der Waals surface area contributed by atoms with Gasteiger partial charge in [0, 0.05) is 11.5 Å². The fourth-order valence-electron chi connectivity index (χ4n) is 1.79. The Kier molecular flexibility index (Phi) is 2.71. The fourth-order valence-corrected chi connectivity index (χ4v) is 3.88. The summed E-state index contributed by atoms with van der Waals surface area (Å²) in [6, 6.07) is 3.69. The second-order valence-corrected chi connectivity index (χ2v) is 6.90. The molecule has 0 N–H and O–H groups in total. The van der Waals surface area contributed by atoms with Gasteiger partial charge >= 0.3 is 0 Å². The molecule has 0 bridgehead atoms. The molecule has 1 atom stereocenters. The minimum absolute atomic E-state index is 0.0176. The molecule has 1 aliphatic rings. The van der Waals surface area contributed by atoms with Gasteiger partial charge in [-0.05, 0) is 28.7 Å². The van der Waals surface area contributed by atoms with E-state index < -0.39 is 0 Å². The van der Waals surface area contributed by atoms with Crippen molar-refractivity contribution in [3.8, 4) is 0 Å². The van der Waals surface area contributed by atoms with Crippen molar-refractivity contribution in [2.24, 2.45) is 0 Å². The summed E-state index contributed by atoms with van der Waals surface area (Å²) < 4.78 is 13.6. The molecule has 14 heavy (non-hydrogen) atoms. The molecule has 0 amide bonds. The lowest BCUT2D eigenvalue weighted by molar-refractivity contribution is 0.596. The number of halogens is 1. The quantitative estimate of drug-likeness (QED) is 0.712. The third-order valence-corrected chi connectivity index (χ3v) is 4.55. The van der Waals surface area contributed by atoms with Gasteiger partial charge in [-0.2, -0.15) is 0 Å². The highest BCUT2D eigenvalue weighted by atomic mass is 32.8. The highest BCUT2D eigenvalue weighted by Gasteiger charge is 2.18. The maximum Gasteiger partial charge on any atom is 0.126 e. The summed E-state index contributed by atoms with van der Waals surface area (Å²) in [6.45, 7) is 4.04. The van der Waals surface area contributed by atoms with Crippen LogP contribution in [0.15, 0.2) is 12.1 Å². The zero-order valence-electron chi connectivity index (χ0n) is 8.34. The Morgan fingerprint density at radius 2 is 1.86 bits per heavy atom. The van der Waals surface area contributed by atoms with Crippen LogP contribution in [0.1, 0.15) is 36.5 Å². The first kappa shape index (κ1) is 10.2. The van der Waals surface area contributed by atoms with Gasteiger partial charge in [0.05, 0.1) is 0 Å². The minimum Gasteiger partial charge on any atom is -0.207 e. The summed E-state index contributed by atoms with van der Waals surface area (Å²) in [5, 5.41) is 0. The molecular formula is C11H13FS2. The van der Waals surface area contributed by atoms with E-state index in [-0.39, 0.29) is 21.2 Å². The Balaban J connectivity index is 2.50. The number of hydrogen-bond acceptors (Lipinski definition) is 1. The summed E-state index contributed by atoms with van der Waals surface area (Å²) in [7, 11) is 0.0176. The zero-order valence-corrected chi connectivity index (χ0v) is 9.97. The Morgan fingerprint density at radius 3 is 2.43 bits per heavy atom. The summed E-state index contributed by atoms with van der Waals surface area (Å²) in [5.74, 6) is 2.05. The summed E-state index contributed by atoms with van der Waals surface area (Å²) in [6.07, 6.45) is 0. The van der Waals surface area contributed by atoms with Crippen molar-refractivity contribution in [2.45, 2.75) is 31.3 Å². The second kappa shape index (κ2) is 3.70. The third kappa shape index (κ3) is 1.75. The van der Waals surface area contributed by atoms with Gasteiger partial charge < -0.3 is 0 Å². The van der Waals surface area contributed by atoms with E-state index in [0.717, 1.165) is 22.6 Å². The van der Waals surface area contributed by atoms with Gasteiger partial charge in [0.15, 0.2) is 0 Å². The molecule has 0 saturated heterocycles. The van der Waals surface area contributed by atoms with Crippen molar-refractivity contribution in [1.29, 1.82) is 0 Å². The molecule has 0 aromatic heterocycles. The van der Waals surface area contributed by atoms with Crippen molar-refractivity contribution >= 4 is 20.6 Å². The third-order valence-electron chi connectivity index (χ3n) is 2.57. The van der Waals surface area contributed by atoms with Crippen molar-refractivity contribution < 1.29 is 4.39 Å². The largest absolute Gasteiger partial charge is 0.207 e. The molecular weight excluding hydrogens is 215 g/mol. The van der Waals surface area contributed by atoms with Gasteiger partial charge in [-0.3, -0.25) is 0 Å². The van der Waals surface area contributed by atoms with E-state index in [4.69, 9.17) is 11.2 Å². The first-order valence-corrected chi connectivity index (χ1v) is 7.23. The molecule has 1 aromatic rings. The van der Waals surface area contributed by atoms with Crippen LogP contribution in [-0.4, -0.2) is 0 Å². The molecule has 1 aromatic carbocycles. The van der Waals surface area contributed by atoms with E-state index in [1.54, 1.807) is 6.07 Å². The normalized spacial score (nSPS) is 20.1. The van der Waals surface area contributed by atoms with Crippen LogP contribution in [0.5, 0.6) is 0 Å². The van der Waals surface area contributed by atoms with Gasteiger partial charge in [0.25, 0.3) is 0 Å². The number of benzene rings is 1. The average molecular weight is 228 g/mol. The van der Waals surface area contributed by atoms with E-state index in [1.165, 1.54) is 5.56 Å². The number of hydrogen-bond donors (Lipinski definition) is 0. The first-order valence-electron chi connectivity index (χ1n) is 4.74. The smallest absolute Gasteiger partial charge is 0.126 e. The Labute approximate surface area is 91.1 Å². The topological polar surface area (TPSA) is 0 Å². The zero-order chi connectivity index (χ0) is 10.3. The van der Waals surface area contributed by atoms with E-state index in [0.29, 0.717) is 0 Å². The first-order chi connectivity index (χ1) is 6.58. The van der Waals surface area contributed by atoms with Crippen molar-refractivity contribution in [3.05, 3.63) is 34.6 Å². The SMILES string of the molecule is CC(C)c1cc2c(cc1F)CS(=S)C2. The minimum atomic E-state index is -0.0624. The fraction of sp³-hybridized carbons (Fsp3) is 0.455. The second-order valence-electron chi connectivity index (χ2n) is 4.03. The van der Waals surface area contributed by atoms with Gasteiger partial charge in [-0.25, -0.2) is 4.39 Å². The van der Waals surface area contributed by atoms with Crippen LogP contribution < -0.4 is 0 Å². The standard InChI is InChI=1S/C11H13FS2/c1-7(2)10-3-8-5-14(13)6-9(8)4-11(10)12/h3-4,7H,5-6H2,1-2H3. The molecule has 3 heteroatoms. The molecule has 0 spiro atoms. The Morgan fingerprint density at radius 1 is 1.29 bits per heavy atom. The van der Waals surface area contributed by atoms with Gasteiger partial charge in [-0.1, -0.05) is 31.1 Å². The summed E-state index contributed by atoms with van der Waals surface area (Å²) in [5.41, 5.74) is 3.23. The van der Waals surface area contributed by atoms with Crippen molar-refractivity contribution in [3.63, 3.8) is 0 Å². The van der Waals surface area contributed by atoms with Gasteiger partial charge in [0.2, 0.25) is 0 Å². The maximum atomic E-state index is 13.6. The van der Waals surface area contributed by atoms with Gasteiger partial charge in [0.1, 0.15) is 5.82 Å². The lowest BCUT2D eigenvalue weighted by Gasteiger charge is -2.09. The van der Waals surface area contributed by atoms with E-state index >= 15 is 0 Å². The molecule has 1 unspecified atom stereocenters. The molecule has 0 aliphatic carbocycles. The summed E-state index contributed by atoms with van der Waals surface area (Å²) >= 11 is 5.26. The molecule has 0 saturated carbocycles. The van der Waals surface area contributed by atoms with Crippen LogP contribution in [-0.2, 0) is 32.1 Å². The van der Waals surface area contributed by atoms with Crippen LogP contribution >= 0.6 is 0 Å². The maximum absolute atomic E-state index is 13.6. The van der Waals surface area contributed by atoms with Crippen molar-refractivity contribution in [2.75, 3.05) is 0 Å². The van der Waals surface area contributed by atoms with Crippen LogP contribution in [0.4, 0.5) is 4.39 Å². The summed E-state index contributed by atoms with van der Waals surface area (Å²) in [4.78, 5) is 0. The highest BCUT2D eigenvalue weighted by Crippen LogP contribution is 2.28. The Hall–Kier alpha value is -0.280. The van der Waals surface area contributed by atoms with Crippen LogP contribution in [0.2, 0.25) is 0 Å². The lowest BCUT2D eigenvalue weighted by atomic mass is 9.98. The molecule has 1 heterocycles. The van der Waals surface area contributed by atoms with Crippen LogP contribution in [0.25, 0.3) is 0 Å². The molecule has 1 aliphatic heterocycles. The average Bonchev–Trinajstić information content (AvgIpc) is 2.42. The predicted molar refractivity (Wildman–Crippen MR) is 62.6 cm³/mol. The molecule has 76 valence electrons. The number of rotatable bonds is 1. The van der Waals surface area contributed by atoms with E-state index in [1.807, 2.05) is 19.9 Å². The monoisotopic (exact) mass is 228 g/mol. The van der Waals surface area contributed by atoms with E-state index in [9.17, 15) is 4.39 Å². The van der Waals surface area contributed by atoms with Gasteiger partial charge in [-0.15, -0.1) is 9.45 Å². The van der Waals surface area contributed by atoms with Crippen LogP contribution in [0, 0.1) is 5.82 Å². The molecule has 2 rings (SSSR count). The molecule has 0 fully saturated rings. The number of fused-ring (bicyclic) bond motifs is 1. The lowest BCUT2D eigenvalue weighted by Crippen LogP contribution is -1.96. The Bertz CT molecular complexity index is 397. The predicted octanol–water partition coefficient (Wildman–Crippen LogP) is 3.04. The van der Waals surface area contributed by atoms with Crippen LogP contribution in [0.3, 0.4) is 0 Å². The highest BCUT2D eigenvalue weighted by molar-refractivity contribution is 8.28.